The van der Waals surface area contributed by atoms with Gasteiger partial charge in [0.1, 0.15) is 18.5 Å². The SMILES string of the molecule is CCC(C)(O)CNCC(O)COc1cccc(Cl)c1. The second kappa shape index (κ2) is 7.70. The molecular weight excluding hydrogens is 266 g/mol. The summed E-state index contributed by atoms with van der Waals surface area (Å²) in [7, 11) is 0. The van der Waals surface area contributed by atoms with Crippen LogP contribution < -0.4 is 10.1 Å². The van der Waals surface area contributed by atoms with Gasteiger partial charge in [0, 0.05) is 18.1 Å². The molecule has 4 nitrogen and oxygen atoms in total. The molecule has 0 spiro atoms. The molecule has 3 N–H and O–H groups in total. The third-order valence-electron chi connectivity index (χ3n) is 2.89. The Morgan fingerprint density at radius 3 is 2.84 bits per heavy atom. The fourth-order valence-electron chi connectivity index (χ4n) is 1.44. The molecule has 108 valence electrons. The molecule has 0 radical (unpaired) electrons. The summed E-state index contributed by atoms with van der Waals surface area (Å²) in [5, 5.41) is 23.2. The molecule has 1 rings (SSSR count). The summed E-state index contributed by atoms with van der Waals surface area (Å²) in [6.07, 6.45) is 0.0291. The van der Waals surface area contributed by atoms with Crippen molar-refractivity contribution in [1.29, 1.82) is 0 Å². The van der Waals surface area contributed by atoms with Crippen molar-refractivity contribution in [3.05, 3.63) is 29.3 Å². The number of nitrogens with one attached hydrogen (secondary N) is 1. The fraction of sp³-hybridized carbons (Fsp3) is 0.571. The lowest BCUT2D eigenvalue weighted by molar-refractivity contribution is 0.0476. The molecule has 0 saturated carbocycles. The number of aliphatic hydroxyl groups is 2. The zero-order valence-electron chi connectivity index (χ0n) is 11.4. The van der Waals surface area contributed by atoms with Gasteiger partial charge in [0.05, 0.1) is 5.60 Å². The van der Waals surface area contributed by atoms with Crippen molar-refractivity contribution in [1.82, 2.24) is 5.32 Å². The zero-order chi connectivity index (χ0) is 14.3. The van der Waals surface area contributed by atoms with E-state index in [9.17, 15) is 10.2 Å². The van der Waals surface area contributed by atoms with Crippen molar-refractivity contribution >= 4 is 11.6 Å². The molecule has 0 aliphatic rings. The maximum absolute atomic E-state index is 9.78. The standard InChI is InChI=1S/C14H22ClNO3/c1-3-14(2,18)10-16-8-12(17)9-19-13-6-4-5-11(15)7-13/h4-7,12,16-18H,3,8-10H2,1-2H3. The molecule has 0 amide bonds. The molecule has 2 atom stereocenters. The van der Waals surface area contributed by atoms with Crippen LogP contribution in [0.2, 0.25) is 5.02 Å². The van der Waals surface area contributed by atoms with Crippen LogP contribution in [0.25, 0.3) is 0 Å². The number of hydrogen-bond donors (Lipinski definition) is 3. The Kier molecular flexibility index (Phi) is 6.58. The summed E-state index contributed by atoms with van der Waals surface area (Å²) in [6, 6.07) is 7.04. The summed E-state index contributed by atoms with van der Waals surface area (Å²) < 4.78 is 5.42. The van der Waals surface area contributed by atoms with Crippen molar-refractivity contribution in [2.75, 3.05) is 19.7 Å². The first-order chi connectivity index (χ1) is 8.93. The van der Waals surface area contributed by atoms with E-state index in [1.165, 1.54) is 0 Å². The number of halogens is 1. The minimum Gasteiger partial charge on any atom is -0.491 e. The summed E-state index contributed by atoms with van der Waals surface area (Å²) in [5.41, 5.74) is -0.743. The predicted molar refractivity (Wildman–Crippen MR) is 76.7 cm³/mol. The lowest BCUT2D eigenvalue weighted by Crippen LogP contribution is -2.41. The van der Waals surface area contributed by atoms with E-state index in [-0.39, 0.29) is 6.61 Å². The Hall–Kier alpha value is -0.810. The Labute approximate surface area is 119 Å². The molecule has 5 heteroatoms. The third-order valence-corrected chi connectivity index (χ3v) is 3.12. The second-order valence-electron chi connectivity index (χ2n) is 4.90. The van der Waals surface area contributed by atoms with E-state index < -0.39 is 11.7 Å². The minimum atomic E-state index is -0.743. The van der Waals surface area contributed by atoms with Gasteiger partial charge in [-0.2, -0.15) is 0 Å². The van der Waals surface area contributed by atoms with E-state index in [1.54, 1.807) is 31.2 Å². The van der Waals surface area contributed by atoms with Crippen LogP contribution in [0.3, 0.4) is 0 Å². The molecule has 0 aromatic heterocycles. The van der Waals surface area contributed by atoms with Gasteiger partial charge in [-0.25, -0.2) is 0 Å². The van der Waals surface area contributed by atoms with E-state index in [4.69, 9.17) is 16.3 Å². The highest BCUT2D eigenvalue weighted by Crippen LogP contribution is 2.17. The second-order valence-corrected chi connectivity index (χ2v) is 5.34. The van der Waals surface area contributed by atoms with Gasteiger partial charge >= 0.3 is 0 Å². The van der Waals surface area contributed by atoms with Crippen LogP contribution >= 0.6 is 11.6 Å². The van der Waals surface area contributed by atoms with Gasteiger partial charge in [-0.05, 0) is 31.5 Å². The first kappa shape index (κ1) is 16.2. The Balaban J connectivity index is 2.23. The largest absolute Gasteiger partial charge is 0.491 e. The molecule has 1 aromatic carbocycles. The van der Waals surface area contributed by atoms with Crippen LogP contribution in [0.5, 0.6) is 5.75 Å². The van der Waals surface area contributed by atoms with Gasteiger partial charge < -0.3 is 20.3 Å². The van der Waals surface area contributed by atoms with Gasteiger partial charge in [-0.15, -0.1) is 0 Å². The lowest BCUT2D eigenvalue weighted by atomic mass is 10.0. The average Bonchev–Trinajstić information content (AvgIpc) is 2.36. The molecular formula is C14H22ClNO3. The van der Waals surface area contributed by atoms with Crippen molar-refractivity contribution < 1.29 is 14.9 Å². The van der Waals surface area contributed by atoms with Crippen LogP contribution in [0.1, 0.15) is 20.3 Å². The van der Waals surface area contributed by atoms with Gasteiger partial charge in [-0.3, -0.25) is 0 Å². The van der Waals surface area contributed by atoms with E-state index in [2.05, 4.69) is 5.32 Å². The van der Waals surface area contributed by atoms with Crippen molar-refractivity contribution in [3.63, 3.8) is 0 Å². The Bertz CT molecular complexity index is 385. The number of ether oxygens (including phenoxy) is 1. The predicted octanol–water partition coefficient (Wildman–Crippen LogP) is 1.83. The van der Waals surface area contributed by atoms with E-state index in [0.717, 1.165) is 0 Å². The van der Waals surface area contributed by atoms with E-state index in [1.807, 2.05) is 6.92 Å². The van der Waals surface area contributed by atoms with Crippen LogP contribution in [-0.2, 0) is 0 Å². The first-order valence-electron chi connectivity index (χ1n) is 6.42. The topological polar surface area (TPSA) is 61.7 Å². The van der Waals surface area contributed by atoms with Crippen LogP contribution in [0, 0.1) is 0 Å². The number of rotatable bonds is 8. The highest BCUT2D eigenvalue weighted by Gasteiger charge is 2.17. The zero-order valence-corrected chi connectivity index (χ0v) is 12.2. The summed E-state index contributed by atoms with van der Waals surface area (Å²) in [5.74, 6) is 0.632. The number of hydrogen-bond acceptors (Lipinski definition) is 4. The van der Waals surface area contributed by atoms with Crippen molar-refractivity contribution in [3.8, 4) is 5.75 Å². The fourth-order valence-corrected chi connectivity index (χ4v) is 1.62. The van der Waals surface area contributed by atoms with Crippen molar-refractivity contribution in [2.24, 2.45) is 0 Å². The summed E-state index contributed by atoms with van der Waals surface area (Å²) >= 11 is 5.83. The molecule has 2 unspecified atom stereocenters. The molecule has 0 saturated heterocycles. The molecule has 19 heavy (non-hydrogen) atoms. The minimum absolute atomic E-state index is 0.182. The van der Waals surface area contributed by atoms with Crippen LogP contribution in [-0.4, -0.2) is 41.6 Å². The Morgan fingerprint density at radius 1 is 1.47 bits per heavy atom. The normalized spacial score (nSPS) is 15.8. The molecule has 0 fully saturated rings. The molecule has 0 bridgehead atoms. The highest BCUT2D eigenvalue weighted by atomic mass is 35.5. The third kappa shape index (κ3) is 6.78. The maximum Gasteiger partial charge on any atom is 0.120 e. The van der Waals surface area contributed by atoms with Gasteiger partial charge in [0.15, 0.2) is 0 Å². The smallest absolute Gasteiger partial charge is 0.120 e. The van der Waals surface area contributed by atoms with Crippen LogP contribution in [0.15, 0.2) is 24.3 Å². The highest BCUT2D eigenvalue weighted by molar-refractivity contribution is 6.30. The van der Waals surface area contributed by atoms with Gasteiger partial charge in [0.2, 0.25) is 0 Å². The molecule has 0 aliphatic heterocycles. The lowest BCUT2D eigenvalue weighted by Gasteiger charge is -2.22. The van der Waals surface area contributed by atoms with E-state index >= 15 is 0 Å². The first-order valence-corrected chi connectivity index (χ1v) is 6.80. The van der Waals surface area contributed by atoms with Crippen LogP contribution in [0.4, 0.5) is 0 Å². The van der Waals surface area contributed by atoms with Gasteiger partial charge in [0.25, 0.3) is 0 Å². The number of aliphatic hydroxyl groups excluding tert-OH is 1. The van der Waals surface area contributed by atoms with E-state index in [0.29, 0.717) is 30.3 Å². The molecule has 1 aromatic rings. The monoisotopic (exact) mass is 287 g/mol. The summed E-state index contributed by atoms with van der Waals surface area (Å²) in [6.45, 7) is 4.67. The molecule has 0 aliphatic carbocycles. The maximum atomic E-state index is 9.78. The number of benzene rings is 1. The van der Waals surface area contributed by atoms with Gasteiger partial charge in [-0.1, -0.05) is 24.6 Å². The Morgan fingerprint density at radius 2 is 2.21 bits per heavy atom. The summed E-state index contributed by atoms with van der Waals surface area (Å²) in [4.78, 5) is 0. The quantitative estimate of drug-likeness (QED) is 0.683. The van der Waals surface area contributed by atoms with Crippen molar-refractivity contribution in [2.45, 2.75) is 32.0 Å². The molecule has 0 heterocycles. The average molecular weight is 288 g/mol.